The molecular formula is C14H21N3O4. The Morgan fingerprint density at radius 2 is 2.05 bits per heavy atom. The third kappa shape index (κ3) is 3.24. The summed E-state index contributed by atoms with van der Waals surface area (Å²) in [5.41, 5.74) is 0.210. The SMILES string of the molecule is COCC(C)C(C)C(=O)N1CCc2c([nH]c(=O)[nH]c2=O)C1. The Morgan fingerprint density at radius 3 is 2.71 bits per heavy atom. The first-order valence-electron chi connectivity index (χ1n) is 7.06. The first-order valence-corrected chi connectivity index (χ1v) is 7.06. The first kappa shape index (κ1) is 15.5. The Labute approximate surface area is 122 Å². The van der Waals surface area contributed by atoms with Crippen molar-refractivity contribution in [3.8, 4) is 0 Å². The van der Waals surface area contributed by atoms with Crippen LogP contribution in [0, 0.1) is 11.8 Å². The van der Waals surface area contributed by atoms with Crippen molar-refractivity contribution in [2.75, 3.05) is 20.3 Å². The lowest BCUT2D eigenvalue weighted by Crippen LogP contribution is -2.44. The third-order valence-electron chi connectivity index (χ3n) is 4.09. The maximum absolute atomic E-state index is 12.5. The molecule has 1 aliphatic heterocycles. The molecule has 0 radical (unpaired) electrons. The quantitative estimate of drug-likeness (QED) is 0.808. The number of nitrogens with zero attached hydrogens (tertiary/aromatic N) is 1. The molecule has 7 nitrogen and oxygen atoms in total. The lowest BCUT2D eigenvalue weighted by atomic mass is 9.94. The summed E-state index contributed by atoms with van der Waals surface area (Å²) in [6, 6.07) is 0. The lowest BCUT2D eigenvalue weighted by Gasteiger charge is -2.31. The van der Waals surface area contributed by atoms with Crippen molar-refractivity contribution in [2.24, 2.45) is 11.8 Å². The molecule has 0 aliphatic carbocycles. The van der Waals surface area contributed by atoms with Gasteiger partial charge in [0.25, 0.3) is 5.56 Å². The van der Waals surface area contributed by atoms with Crippen LogP contribution in [-0.4, -0.2) is 41.0 Å². The molecule has 7 heteroatoms. The van der Waals surface area contributed by atoms with Crippen LogP contribution in [0.15, 0.2) is 9.59 Å². The van der Waals surface area contributed by atoms with Crippen molar-refractivity contribution in [3.63, 3.8) is 0 Å². The van der Waals surface area contributed by atoms with E-state index in [4.69, 9.17) is 4.74 Å². The number of fused-ring (bicyclic) bond motifs is 1. The van der Waals surface area contributed by atoms with Crippen molar-refractivity contribution < 1.29 is 9.53 Å². The first-order chi connectivity index (χ1) is 9.93. The molecule has 0 spiro atoms. The van der Waals surface area contributed by atoms with Crippen LogP contribution in [0.1, 0.15) is 25.1 Å². The highest BCUT2D eigenvalue weighted by molar-refractivity contribution is 5.79. The number of carbonyl (C=O) groups is 1. The second kappa shape index (κ2) is 6.26. The molecule has 2 heterocycles. The van der Waals surface area contributed by atoms with Gasteiger partial charge < -0.3 is 14.6 Å². The summed E-state index contributed by atoms with van der Waals surface area (Å²) in [7, 11) is 1.61. The molecule has 0 saturated carbocycles. The van der Waals surface area contributed by atoms with Crippen LogP contribution in [0.5, 0.6) is 0 Å². The molecule has 2 unspecified atom stereocenters. The average molecular weight is 295 g/mol. The van der Waals surface area contributed by atoms with Crippen molar-refractivity contribution in [1.29, 1.82) is 0 Å². The number of carbonyl (C=O) groups excluding carboxylic acids is 1. The summed E-state index contributed by atoms with van der Waals surface area (Å²) in [5, 5.41) is 0. The zero-order chi connectivity index (χ0) is 15.6. The Balaban J connectivity index is 2.16. The van der Waals surface area contributed by atoms with Crippen LogP contribution >= 0.6 is 0 Å². The minimum absolute atomic E-state index is 0.0198. The standard InChI is InChI=1S/C14H21N3O4/c1-8(7-21-3)9(2)13(19)17-5-4-10-11(6-17)15-14(20)16-12(10)18/h8-9H,4-7H2,1-3H3,(H2,15,16,18,20). The van der Waals surface area contributed by atoms with Crippen molar-refractivity contribution in [3.05, 3.63) is 32.1 Å². The number of H-pyrrole nitrogens is 2. The predicted molar refractivity (Wildman–Crippen MR) is 77.0 cm³/mol. The molecule has 0 fully saturated rings. The molecule has 2 atom stereocenters. The molecule has 2 rings (SSSR count). The van der Waals surface area contributed by atoms with Crippen molar-refractivity contribution in [1.82, 2.24) is 14.9 Å². The predicted octanol–water partition coefficient (Wildman–Crippen LogP) is -0.133. The highest BCUT2D eigenvalue weighted by Gasteiger charge is 2.29. The largest absolute Gasteiger partial charge is 0.384 e. The zero-order valence-corrected chi connectivity index (χ0v) is 12.6. The van der Waals surface area contributed by atoms with Crippen LogP contribution < -0.4 is 11.2 Å². The van der Waals surface area contributed by atoms with Crippen molar-refractivity contribution in [2.45, 2.75) is 26.8 Å². The van der Waals surface area contributed by atoms with E-state index in [0.29, 0.717) is 30.8 Å². The van der Waals surface area contributed by atoms with Crippen LogP contribution in [-0.2, 0) is 22.5 Å². The molecule has 1 aliphatic rings. The Hall–Kier alpha value is -1.89. The number of amides is 1. The number of nitrogens with one attached hydrogen (secondary N) is 2. The third-order valence-corrected chi connectivity index (χ3v) is 4.09. The van der Waals surface area contributed by atoms with E-state index in [2.05, 4.69) is 9.97 Å². The monoisotopic (exact) mass is 295 g/mol. The van der Waals surface area contributed by atoms with Gasteiger partial charge >= 0.3 is 5.69 Å². The van der Waals surface area contributed by atoms with Gasteiger partial charge in [-0.05, 0) is 12.3 Å². The van der Waals surface area contributed by atoms with Gasteiger partial charge in [-0.2, -0.15) is 0 Å². The summed E-state index contributed by atoms with van der Waals surface area (Å²) in [4.78, 5) is 42.0. The number of hydrogen-bond acceptors (Lipinski definition) is 4. The fourth-order valence-electron chi connectivity index (χ4n) is 2.60. The zero-order valence-electron chi connectivity index (χ0n) is 12.6. The van der Waals surface area contributed by atoms with Gasteiger partial charge in [0.15, 0.2) is 0 Å². The van der Waals surface area contributed by atoms with Gasteiger partial charge in [0.2, 0.25) is 5.91 Å². The molecule has 0 aromatic carbocycles. The van der Waals surface area contributed by atoms with Gasteiger partial charge in [-0.3, -0.25) is 14.6 Å². The number of aromatic nitrogens is 2. The summed E-state index contributed by atoms with van der Waals surface area (Å²) < 4.78 is 5.09. The molecule has 116 valence electrons. The van der Waals surface area contributed by atoms with E-state index in [-0.39, 0.29) is 29.8 Å². The number of rotatable bonds is 4. The van der Waals surface area contributed by atoms with E-state index in [9.17, 15) is 14.4 Å². The maximum Gasteiger partial charge on any atom is 0.325 e. The fourth-order valence-corrected chi connectivity index (χ4v) is 2.60. The molecule has 1 amide bonds. The highest BCUT2D eigenvalue weighted by Crippen LogP contribution is 2.19. The van der Waals surface area contributed by atoms with Gasteiger partial charge in [-0.1, -0.05) is 13.8 Å². The topological polar surface area (TPSA) is 95.3 Å². The maximum atomic E-state index is 12.5. The Bertz CT molecular complexity index is 634. The number of aromatic amines is 2. The Kier molecular flexibility index (Phi) is 4.62. The van der Waals surface area contributed by atoms with Crippen LogP contribution in [0.3, 0.4) is 0 Å². The van der Waals surface area contributed by atoms with E-state index in [1.54, 1.807) is 12.0 Å². The van der Waals surface area contributed by atoms with Gasteiger partial charge in [0, 0.05) is 37.4 Å². The summed E-state index contributed by atoms with van der Waals surface area (Å²) in [6.07, 6.45) is 0.457. The molecule has 0 saturated heterocycles. The molecule has 0 bridgehead atoms. The summed E-state index contributed by atoms with van der Waals surface area (Å²) >= 11 is 0. The van der Waals surface area contributed by atoms with E-state index in [1.807, 2.05) is 13.8 Å². The minimum Gasteiger partial charge on any atom is -0.384 e. The van der Waals surface area contributed by atoms with E-state index in [0.717, 1.165) is 0 Å². The minimum atomic E-state index is -0.533. The van der Waals surface area contributed by atoms with E-state index < -0.39 is 5.69 Å². The van der Waals surface area contributed by atoms with Crippen LogP contribution in [0.25, 0.3) is 0 Å². The van der Waals surface area contributed by atoms with Gasteiger partial charge in [0.1, 0.15) is 0 Å². The number of methoxy groups -OCH3 is 1. The van der Waals surface area contributed by atoms with E-state index >= 15 is 0 Å². The highest BCUT2D eigenvalue weighted by atomic mass is 16.5. The van der Waals surface area contributed by atoms with Gasteiger partial charge in [0.05, 0.1) is 6.54 Å². The fraction of sp³-hybridized carbons (Fsp3) is 0.643. The lowest BCUT2D eigenvalue weighted by molar-refractivity contribution is -0.138. The smallest absolute Gasteiger partial charge is 0.325 e. The van der Waals surface area contributed by atoms with Crippen LogP contribution in [0.2, 0.25) is 0 Å². The number of hydrogen-bond donors (Lipinski definition) is 2. The second-order valence-corrected chi connectivity index (χ2v) is 5.60. The second-order valence-electron chi connectivity index (χ2n) is 5.60. The normalized spacial score (nSPS) is 17.2. The molecule has 2 N–H and O–H groups in total. The van der Waals surface area contributed by atoms with Gasteiger partial charge in [-0.15, -0.1) is 0 Å². The van der Waals surface area contributed by atoms with Gasteiger partial charge in [-0.25, -0.2) is 4.79 Å². The van der Waals surface area contributed by atoms with Crippen molar-refractivity contribution >= 4 is 5.91 Å². The summed E-state index contributed by atoms with van der Waals surface area (Å²) in [5.74, 6) is -0.0336. The molecule has 1 aromatic heterocycles. The summed E-state index contributed by atoms with van der Waals surface area (Å²) in [6.45, 7) is 5.13. The molecule has 1 aromatic rings. The van der Waals surface area contributed by atoms with Crippen LogP contribution in [0.4, 0.5) is 0 Å². The number of ether oxygens (including phenoxy) is 1. The van der Waals surface area contributed by atoms with E-state index in [1.165, 1.54) is 0 Å². The molecule has 21 heavy (non-hydrogen) atoms. The Morgan fingerprint density at radius 1 is 1.33 bits per heavy atom. The molecular weight excluding hydrogens is 274 g/mol. The average Bonchev–Trinajstić information content (AvgIpc) is 2.45.